The van der Waals surface area contributed by atoms with E-state index in [9.17, 15) is 4.79 Å². The van der Waals surface area contributed by atoms with Crippen LogP contribution in [-0.4, -0.2) is 25.3 Å². The zero-order valence-electron chi connectivity index (χ0n) is 14.3. The van der Waals surface area contributed by atoms with Crippen LogP contribution in [0.1, 0.15) is 30.0 Å². The Morgan fingerprint density at radius 2 is 1.83 bits per heavy atom. The minimum atomic E-state index is -0.174. The zero-order chi connectivity index (χ0) is 16.9. The Balaban J connectivity index is 1.76. The van der Waals surface area contributed by atoms with E-state index in [1.807, 2.05) is 18.2 Å². The maximum atomic E-state index is 12.8. The third kappa shape index (κ3) is 4.40. The van der Waals surface area contributed by atoms with E-state index in [1.165, 1.54) is 15.4 Å². The van der Waals surface area contributed by atoms with E-state index < -0.39 is 0 Å². The molecule has 4 heteroatoms. The van der Waals surface area contributed by atoms with Gasteiger partial charge in [0.2, 0.25) is 0 Å². The Bertz CT molecular complexity index is 668. The van der Waals surface area contributed by atoms with Gasteiger partial charge in [0.05, 0.1) is 7.05 Å². The number of carbonyl (C=O) groups is 1. The van der Waals surface area contributed by atoms with Crippen molar-refractivity contribution >= 4 is 17.7 Å². The van der Waals surface area contributed by atoms with E-state index in [-0.39, 0.29) is 11.9 Å². The van der Waals surface area contributed by atoms with Crippen LogP contribution in [0.25, 0.3) is 0 Å². The van der Waals surface area contributed by atoms with Crippen LogP contribution in [0.3, 0.4) is 0 Å². The number of hydrogen-bond acceptors (Lipinski definition) is 2. The molecule has 2 aromatic carbocycles. The molecule has 1 aliphatic rings. The number of benzene rings is 2. The molecule has 1 fully saturated rings. The van der Waals surface area contributed by atoms with Gasteiger partial charge in [-0.2, -0.15) is 0 Å². The molecule has 0 radical (unpaired) electrons. The second kappa shape index (κ2) is 7.86. The van der Waals surface area contributed by atoms with Crippen LogP contribution in [0.2, 0.25) is 0 Å². The van der Waals surface area contributed by atoms with Gasteiger partial charge in [-0.25, -0.2) is 0 Å². The van der Waals surface area contributed by atoms with Crippen LogP contribution in [0.4, 0.5) is 0 Å². The van der Waals surface area contributed by atoms with E-state index in [0.717, 1.165) is 24.9 Å². The number of amides is 1. The minimum Gasteiger partial charge on any atom is -0.348 e. The van der Waals surface area contributed by atoms with E-state index in [2.05, 4.69) is 55.0 Å². The molecule has 0 aromatic heterocycles. The maximum Gasteiger partial charge on any atom is 0.283 e. The first-order valence-electron chi connectivity index (χ1n) is 8.48. The molecule has 1 aliphatic carbocycles. The molecule has 1 unspecified atom stereocenters. The highest BCUT2D eigenvalue weighted by Crippen LogP contribution is 2.20. The molecule has 3 rings (SSSR count). The van der Waals surface area contributed by atoms with Gasteiger partial charge in [-0.3, -0.25) is 4.79 Å². The molecule has 1 saturated carbocycles. The molecule has 0 bridgehead atoms. The molecule has 126 valence electrons. The van der Waals surface area contributed by atoms with Crippen molar-refractivity contribution in [2.24, 2.45) is 0 Å². The highest BCUT2D eigenvalue weighted by atomic mass is 32.2. The lowest BCUT2D eigenvalue weighted by Crippen LogP contribution is -3.09. The fourth-order valence-electron chi connectivity index (χ4n) is 2.98. The van der Waals surface area contributed by atoms with Crippen molar-refractivity contribution in [2.45, 2.75) is 36.4 Å². The number of rotatable bonds is 7. The molecule has 2 aromatic rings. The second-order valence-electron chi connectivity index (χ2n) is 6.50. The highest BCUT2D eigenvalue weighted by Gasteiger charge is 2.33. The van der Waals surface area contributed by atoms with Crippen LogP contribution in [-0.2, 0) is 11.3 Å². The maximum absolute atomic E-state index is 12.8. The molecule has 2 atom stereocenters. The summed E-state index contributed by atoms with van der Waals surface area (Å²) < 4.78 is 0. The van der Waals surface area contributed by atoms with Crippen LogP contribution >= 0.6 is 11.8 Å². The van der Waals surface area contributed by atoms with Gasteiger partial charge in [-0.05, 0) is 31.2 Å². The summed E-state index contributed by atoms with van der Waals surface area (Å²) in [5.74, 6) is 0.141. The van der Waals surface area contributed by atoms with Crippen LogP contribution in [0.15, 0.2) is 59.5 Å². The molecule has 3 nitrogen and oxygen atoms in total. The molecular formula is C20H25N2OS+. The topological polar surface area (TPSA) is 33.5 Å². The Labute approximate surface area is 148 Å². The van der Waals surface area contributed by atoms with Crippen molar-refractivity contribution in [3.63, 3.8) is 0 Å². The molecule has 1 amide bonds. The van der Waals surface area contributed by atoms with Gasteiger partial charge < -0.3 is 10.2 Å². The van der Waals surface area contributed by atoms with Crippen molar-refractivity contribution in [3.05, 3.63) is 65.7 Å². The summed E-state index contributed by atoms with van der Waals surface area (Å²) in [6.45, 7) is 0.826. The number of carbonyl (C=O) groups excluding carboxylic acids is 1. The number of hydrogen-bond donors (Lipinski definition) is 2. The van der Waals surface area contributed by atoms with Crippen molar-refractivity contribution in [3.8, 4) is 0 Å². The third-order valence-electron chi connectivity index (χ3n) is 4.45. The molecule has 24 heavy (non-hydrogen) atoms. The van der Waals surface area contributed by atoms with Crippen molar-refractivity contribution in [1.82, 2.24) is 5.32 Å². The van der Waals surface area contributed by atoms with Crippen LogP contribution in [0.5, 0.6) is 0 Å². The van der Waals surface area contributed by atoms with Gasteiger partial charge in [-0.15, -0.1) is 11.8 Å². The molecule has 2 N–H and O–H groups in total. The molecular weight excluding hydrogens is 316 g/mol. The third-order valence-corrected chi connectivity index (χ3v) is 5.20. The predicted octanol–water partition coefficient (Wildman–Crippen LogP) is 2.44. The van der Waals surface area contributed by atoms with Crippen molar-refractivity contribution in [2.75, 3.05) is 13.3 Å². The summed E-state index contributed by atoms with van der Waals surface area (Å²) in [6.07, 6.45) is 4.31. The monoisotopic (exact) mass is 341 g/mol. The largest absolute Gasteiger partial charge is 0.348 e. The zero-order valence-corrected chi connectivity index (χ0v) is 15.1. The first kappa shape index (κ1) is 17.1. The van der Waals surface area contributed by atoms with Crippen LogP contribution in [0, 0.1) is 0 Å². The first-order valence-corrected chi connectivity index (χ1v) is 9.70. The van der Waals surface area contributed by atoms with Crippen molar-refractivity contribution in [1.29, 1.82) is 0 Å². The standard InChI is InChI=1S/C20H24N2OS/c1-22(14-15-8-12-18(24-2)13-9-15)19(16-6-4-3-5-7-16)20(23)21-17-10-11-17/h3-9,12-13,17,19H,10-11,14H2,1-2H3,(H,21,23)/p+1/t19-/m1/s1. The molecule has 0 saturated heterocycles. The Morgan fingerprint density at radius 3 is 2.42 bits per heavy atom. The smallest absolute Gasteiger partial charge is 0.283 e. The lowest BCUT2D eigenvalue weighted by atomic mass is 10.0. The van der Waals surface area contributed by atoms with Gasteiger partial charge in [0.15, 0.2) is 6.04 Å². The van der Waals surface area contributed by atoms with E-state index in [0.29, 0.717) is 6.04 Å². The minimum absolute atomic E-state index is 0.141. The summed E-state index contributed by atoms with van der Waals surface area (Å²) in [7, 11) is 2.10. The van der Waals surface area contributed by atoms with Crippen molar-refractivity contribution < 1.29 is 9.69 Å². The lowest BCUT2D eigenvalue weighted by molar-refractivity contribution is -0.916. The molecule has 0 heterocycles. The fraction of sp³-hybridized carbons (Fsp3) is 0.350. The summed E-state index contributed by atoms with van der Waals surface area (Å²) in [4.78, 5) is 15.2. The van der Waals surface area contributed by atoms with Gasteiger partial charge in [-0.1, -0.05) is 42.5 Å². The first-order chi connectivity index (χ1) is 11.7. The number of nitrogens with one attached hydrogen (secondary N) is 2. The van der Waals surface area contributed by atoms with E-state index >= 15 is 0 Å². The number of likely N-dealkylation sites (N-methyl/N-ethyl adjacent to an activating group) is 1. The average molecular weight is 342 g/mol. The van der Waals surface area contributed by atoms with Gasteiger partial charge >= 0.3 is 0 Å². The summed E-state index contributed by atoms with van der Waals surface area (Å²) in [5.41, 5.74) is 2.33. The number of quaternary nitrogens is 1. The van der Waals surface area contributed by atoms with E-state index in [1.54, 1.807) is 11.8 Å². The van der Waals surface area contributed by atoms with Gasteiger partial charge in [0.25, 0.3) is 5.91 Å². The quantitative estimate of drug-likeness (QED) is 0.759. The van der Waals surface area contributed by atoms with Crippen LogP contribution < -0.4 is 10.2 Å². The Hall–Kier alpha value is -1.78. The predicted molar refractivity (Wildman–Crippen MR) is 99.2 cm³/mol. The lowest BCUT2D eigenvalue weighted by Gasteiger charge is -2.25. The number of thioether (sulfide) groups is 1. The summed E-state index contributed by atoms with van der Waals surface area (Å²) >= 11 is 1.75. The van der Waals surface area contributed by atoms with E-state index in [4.69, 9.17) is 0 Å². The fourth-order valence-corrected chi connectivity index (χ4v) is 3.39. The Kier molecular flexibility index (Phi) is 5.59. The van der Waals surface area contributed by atoms with Gasteiger partial charge in [0, 0.05) is 22.1 Å². The SMILES string of the molecule is CSc1ccc(C[NH+](C)[C@@H](C(=O)NC2CC2)c2ccccc2)cc1. The van der Waals surface area contributed by atoms with Gasteiger partial charge in [0.1, 0.15) is 6.54 Å². The second-order valence-corrected chi connectivity index (χ2v) is 7.38. The summed E-state index contributed by atoms with van der Waals surface area (Å²) in [6, 6.07) is 19.0. The average Bonchev–Trinajstić information content (AvgIpc) is 3.40. The summed E-state index contributed by atoms with van der Waals surface area (Å²) in [5, 5.41) is 3.17. The molecule has 0 spiro atoms. The molecule has 0 aliphatic heterocycles. The normalized spacial score (nSPS) is 16.4. The Morgan fingerprint density at radius 1 is 1.17 bits per heavy atom. The highest BCUT2D eigenvalue weighted by molar-refractivity contribution is 7.98.